The number of hydrogen-bond donors (Lipinski definition) is 0. The molecule has 0 amide bonds. The quantitative estimate of drug-likeness (QED) is 0.685. The predicted molar refractivity (Wildman–Crippen MR) is 67.0 cm³/mol. The van der Waals surface area contributed by atoms with Crippen molar-refractivity contribution in [1.29, 1.82) is 0 Å². The van der Waals surface area contributed by atoms with E-state index in [0.717, 1.165) is 0 Å². The van der Waals surface area contributed by atoms with Crippen LogP contribution in [0.2, 0.25) is 0 Å². The van der Waals surface area contributed by atoms with Crippen molar-refractivity contribution in [1.82, 2.24) is 0 Å². The molecule has 0 nitrogen and oxygen atoms in total. The van der Waals surface area contributed by atoms with Crippen LogP contribution in [-0.4, -0.2) is 0 Å². The lowest BCUT2D eigenvalue weighted by molar-refractivity contribution is 1.72. The lowest BCUT2D eigenvalue weighted by Gasteiger charge is -2.00. The van der Waals surface area contributed by atoms with E-state index in [9.17, 15) is 0 Å². The van der Waals surface area contributed by atoms with Gasteiger partial charge in [-0.2, -0.15) is 0 Å². The van der Waals surface area contributed by atoms with Crippen LogP contribution >= 0.6 is 22.6 Å². The van der Waals surface area contributed by atoms with E-state index >= 15 is 0 Å². The number of fused-ring (bicyclic) bond motifs is 1. The van der Waals surface area contributed by atoms with Gasteiger partial charge in [0.2, 0.25) is 0 Å². The lowest BCUT2D eigenvalue weighted by atomic mass is 10.1. The molecule has 0 aromatic heterocycles. The third kappa shape index (κ3) is 1.75. The average Bonchev–Trinajstić information content (AvgIpc) is 2.19. The van der Waals surface area contributed by atoms with Gasteiger partial charge in [-0.05, 0) is 26.5 Å². The van der Waals surface area contributed by atoms with Gasteiger partial charge in [0, 0.05) is 0 Å². The Kier molecular flexibility index (Phi) is 2.64. The van der Waals surface area contributed by atoms with Gasteiger partial charge in [-0.15, -0.1) is 0 Å². The fourth-order valence-corrected chi connectivity index (χ4v) is 1.85. The topological polar surface area (TPSA) is 0 Å². The summed E-state index contributed by atoms with van der Waals surface area (Å²) in [5.74, 6) is 0. The molecule has 2 aromatic rings. The zero-order valence-corrected chi connectivity index (χ0v) is 9.23. The van der Waals surface area contributed by atoms with Crippen molar-refractivity contribution in [3.63, 3.8) is 0 Å². The van der Waals surface area contributed by atoms with Crippen molar-refractivity contribution in [3.05, 3.63) is 52.1 Å². The van der Waals surface area contributed by atoms with Crippen LogP contribution in [0.1, 0.15) is 5.56 Å². The fraction of sp³-hybridized carbons (Fsp3) is 0. The second-order valence-electron chi connectivity index (χ2n) is 2.86. The van der Waals surface area contributed by atoms with Crippen molar-refractivity contribution in [3.8, 4) is 0 Å². The van der Waals surface area contributed by atoms with Crippen molar-refractivity contribution in [2.45, 2.75) is 0 Å². The molecule has 0 saturated carbocycles. The molecule has 0 aliphatic rings. The van der Waals surface area contributed by atoms with Gasteiger partial charge in [0.25, 0.3) is 0 Å². The largest absolute Gasteiger partial charge is 0.0616 e. The first-order chi connectivity index (χ1) is 6.42. The maximum Gasteiger partial charge on any atom is -0.0111 e. The minimum atomic E-state index is 1.28. The van der Waals surface area contributed by atoms with Gasteiger partial charge in [0.05, 0.1) is 0 Å². The molecule has 64 valence electrons. The van der Waals surface area contributed by atoms with Gasteiger partial charge >= 0.3 is 0 Å². The van der Waals surface area contributed by atoms with Crippen molar-refractivity contribution in [2.24, 2.45) is 0 Å². The summed E-state index contributed by atoms with van der Waals surface area (Å²) in [5, 5.41) is 2.62. The molecule has 13 heavy (non-hydrogen) atoms. The molecule has 1 heteroatoms. The summed E-state index contributed by atoms with van der Waals surface area (Å²) < 4.78 is 2.04. The van der Waals surface area contributed by atoms with Crippen molar-refractivity contribution in [2.75, 3.05) is 0 Å². The molecule has 0 atom stereocenters. The van der Waals surface area contributed by atoms with E-state index in [0.29, 0.717) is 0 Å². The van der Waals surface area contributed by atoms with Crippen LogP contribution < -0.4 is 0 Å². The van der Waals surface area contributed by atoms with E-state index in [2.05, 4.69) is 71.1 Å². The second-order valence-corrected chi connectivity index (χ2v) is 3.58. The first-order valence-corrected chi connectivity index (χ1v) is 5.41. The van der Waals surface area contributed by atoms with Gasteiger partial charge in [0.15, 0.2) is 0 Å². The monoisotopic (exact) mass is 280 g/mol. The molecular formula is C12H9I. The highest BCUT2D eigenvalue weighted by molar-refractivity contribution is 14.1. The summed E-state index contributed by atoms with van der Waals surface area (Å²) in [5.41, 5.74) is 1.28. The summed E-state index contributed by atoms with van der Waals surface area (Å²) in [7, 11) is 0. The molecule has 0 bridgehead atoms. The Labute approximate surface area is 91.4 Å². The number of benzene rings is 2. The van der Waals surface area contributed by atoms with Crippen molar-refractivity contribution >= 4 is 39.4 Å². The SMILES string of the molecule is I/C=C\c1cccc2ccccc12. The Morgan fingerprint density at radius 2 is 1.69 bits per heavy atom. The van der Waals surface area contributed by atoms with Crippen LogP contribution in [0.4, 0.5) is 0 Å². The van der Waals surface area contributed by atoms with Gasteiger partial charge in [-0.25, -0.2) is 0 Å². The minimum absolute atomic E-state index is 1.28. The molecule has 2 rings (SSSR count). The van der Waals surface area contributed by atoms with Gasteiger partial charge in [0.1, 0.15) is 0 Å². The zero-order valence-electron chi connectivity index (χ0n) is 7.07. The standard InChI is InChI=1S/C12H9I/c13-9-8-11-6-3-5-10-4-1-2-7-12(10)11/h1-9H/b9-8-. The van der Waals surface area contributed by atoms with Crippen LogP contribution in [-0.2, 0) is 0 Å². The van der Waals surface area contributed by atoms with E-state index in [1.165, 1.54) is 16.3 Å². The van der Waals surface area contributed by atoms with Crippen molar-refractivity contribution < 1.29 is 0 Å². The number of halogens is 1. The fourth-order valence-electron chi connectivity index (χ4n) is 1.46. The third-order valence-electron chi connectivity index (χ3n) is 2.07. The van der Waals surface area contributed by atoms with E-state index in [4.69, 9.17) is 0 Å². The Morgan fingerprint density at radius 3 is 2.54 bits per heavy atom. The second kappa shape index (κ2) is 3.92. The zero-order chi connectivity index (χ0) is 9.10. The van der Waals surface area contributed by atoms with Gasteiger partial charge in [-0.1, -0.05) is 65.1 Å². The number of hydrogen-bond acceptors (Lipinski definition) is 0. The summed E-state index contributed by atoms with van der Waals surface area (Å²) in [6.07, 6.45) is 2.13. The molecule has 0 spiro atoms. The normalized spacial score (nSPS) is 11.2. The van der Waals surface area contributed by atoms with Gasteiger partial charge < -0.3 is 0 Å². The molecule has 0 radical (unpaired) electrons. The predicted octanol–water partition coefficient (Wildman–Crippen LogP) is 4.25. The maximum atomic E-state index is 2.24. The Hall–Kier alpha value is -0.830. The Bertz CT molecular complexity index is 438. The summed E-state index contributed by atoms with van der Waals surface area (Å²) in [6.45, 7) is 0. The first-order valence-electron chi connectivity index (χ1n) is 4.16. The Morgan fingerprint density at radius 1 is 0.923 bits per heavy atom. The highest BCUT2D eigenvalue weighted by Gasteiger charge is 1.94. The molecule has 0 aliphatic carbocycles. The van der Waals surface area contributed by atoms with Crippen LogP contribution in [0.3, 0.4) is 0 Å². The lowest BCUT2D eigenvalue weighted by Crippen LogP contribution is -1.76. The number of rotatable bonds is 1. The van der Waals surface area contributed by atoms with E-state index in [1.54, 1.807) is 0 Å². The van der Waals surface area contributed by atoms with Gasteiger partial charge in [-0.3, -0.25) is 0 Å². The maximum absolute atomic E-state index is 2.24. The minimum Gasteiger partial charge on any atom is -0.0616 e. The smallest absolute Gasteiger partial charge is 0.0111 e. The molecule has 0 unspecified atom stereocenters. The average molecular weight is 280 g/mol. The Balaban J connectivity index is 2.75. The summed E-state index contributed by atoms with van der Waals surface area (Å²) >= 11 is 2.24. The molecule has 2 aromatic carbocycles. The van der Waals surface area contributed by atoms with Crippen LogP contribution in [0.15, 0.2) is 46.5 Å². The molecule has 0 N–H and O–H groups in total. The van der Waals surface area contributed by atoms with E-state index in [-0.39, 0.29) is 0 Å². The first kappa shape index (κ1) is 8.75. The summed E-state index contributed by atoms with van der Waals surface area (Å²) in [6, 6.07) is 14.8. The molecule has 0 heterocycles. The van der Waals surface area contributed by atoms with Crippen LogP contribution in [0.25, 0.3) is 16.8 Å². The third-order valence-corrected chi connectivity index (χ3v) is 2.43. The highest BCUT2D eigenvalue weighted by atomic mass is 127. The van der Waals surface area contributed by atoms with E-state index < -0.39 is 0 Å². The highest BCUT2D eigenvalue weighted by Crippen LogP contribution is 2.19. The van der Waals surface area contributed by atoms with E-state index in [1.807, 2.05) is 4.08 Å². The summed E-state index contributed by atoms with van der Waals surface area (Å²) in [4.78, 5) is 0. The molecule has 0 fully saturated rings. The molecular weight excluding hydrogens is 271 g/mol. The molecule has 0 aliphatic heterocycles. The van der Waals surface area contributed by atoms with Crippen LogP contribution in [0.5, 0.6) is 0 Å². The molecule has 0 saturated heterocycles. The van der Waals surface area contributed by atoms with Crippen LogP contribution in [0, 0.1) is 0 Å².